The van der Waals surface area contributed by atoms with Crippen LogP contribution in [-0.2, 0) is 0 Å². The Morgan fingerprint density at radius 2 is 1.91 bits per heavy atom. The molecule has 4 heterocycles. The topological polar surface area (TPSA) is 148 Å². The number of piperidine rings is 1. The van der Waals surface area contributed by atoms with Crippen LogP contribution in [0.3, 0.4) is 0 Å². The van der Waals surface area contributed by atoms with Gasteiger partial charge in [0.15, 0.2) is 17.7 Å². The van der Waals surface area contributed by atoms with E-state index in [0.29, 0.717) is 28.5 Å². The van der Waals surface area contributed by atoms with Crippen LogP contribution in [0.4, 0.5) is 20.3 Å². The Kier molecular flexibility index (Phi) is 9.80. The third kappa shape index (κ3) is 7.45. The number of nitrogens with zero attached hydrogens (tertiary/aromatic N) is 6. The number of nitrogens with two attached hydrogens (primary N) is 1. The number of halogens is 3. The molecule has 246 valence electrons. The Morgan fingerprint density at radius 1 is 1.13 bits per heavy atom. The number of amides is 1. The van der Waals surface area contributed by atoms with Gasteiger partial charge >= 0.3 is 6.61 Å². The molecule has 1 atom stereocenters. The molecule has 1 aliphatic heterocycles. The summed E-state index contributed by atoms with van der Waals surface area (Å²) in [5.74, 6) is -0.122. The number of benzene rings is 2. The first kappa shape index (κ1) is 32.2. The van der Waals surface area contributed by atoms with Gasteiger partial charge in [-0.25, -0.2) is 9.50 Å². The van der Waals surface area contributed by atoms with Crippen LogP contribution in [0.25, 0.3) is 16.9 Å². The van der Waals surface area contributed by atoms with E-state index in [1.807, 2.05) is 18.2 Å². The van der Waals surface area contributed by atoms with Crippen LogP contribution in [-0.4, -0.2) is 73.1 Å². The van der Waals surface area contributed by atoms with Gasteiger partial charge in [-0.1, -0.05) is 29.8 Å². The van der Waals surface area contributed by atoms with E-state index >= 15 is 0 Å². The van der Waals surface area contributed by atoms with Crippen molar-refractivity contribution in [2.24, 2.45) is 0 Å². The molecule has 1 fully saturated rings. The molecule has 0 spiro atoms. The first-order valence-corrected chi connectivity index (χ1v) is 15.6. The minimum Gasteiger partial charge on any atom is -0.434 e. The number of aliphatic hydroxyl groups excluding tert-OH is 1. The highest BCUT2D eigenvalue weighted by atomic mass is 35.5. The molecule has 5 aromatic rings. The lowest BCUT2D eigenvalue weighted by Crippen LogP contribution is -2.36. The summed E-state index contributed by atoms with van der Waals surface area (Å²) in [5, 5.41) is 26.6. The van der Waals surface area contributed by atoms with Gasteiger partial charge in [0.1, 0.15) is 11.4 Å². The monoisotopic (exact) mass is 665 g/mol. The molecule has 0 radical (unpaired) electrons. The highest BCUT2D eigenvalue weighted by Crippen LogP contribution is 2.39. The average molecular weight is 666 g/mol. The molecular formula is C32H34ClF2N9O3. The number of nitrogen functional groups attached to an aromatic ring is 1. The molecule has 6 rings (SSSR count). The molecule has 0 saturated carbocycles. The van der Waals surface area contributed by atoms with Gasteiger partial charge in [-0.3, -0.25) is 9.48 Å². The van der Waals surface area contributed by atoms with E-state index in [9.17, 15) is 18.7 Å². The van der Waals surface area contributed by atoms with Crippen molar-refractivity contribution in [3.05, 3.63) is 89.3 Å². The van der Waals surface area contributed by atoms with Crippen molar-refractivity contribution < 1.29 is 23.4 Å². The maximum absolute atomic E-state index is 13.4. The first-order chi connectivity index (χ1) is 22.8. The van der Waals surface area contributed by atoms with E-state index in [4.69, 9.17) is 27.2 Å². The number of carbonyl (C=O) groups is 1. The van der Waals surface area contributed by atoms with Gasteiger partial charge in [-0.15, -0.1) is 5.10 Å². The summed E-state index contributed by atoms with van der Waals surface area (Å²) < 4.78 is 34.8. The molecule has 12 nitrogen and oxygen atoms in total. The van der Waals surface area contributed by atoms with E-state index in [2.05, 4.69) is 25.6 Å². The van der Waals surface area contributed by atoms with E-state index in [1.54, 1.807) is 41.5 Å². The SMILES string of the molecule is Nc1nn2cccnc2c1C(O)Nc1cn(C2CCN(CCCNC(=O)c3ccccc3)CC2)nc1-c1cc(Cl)ccc1OC(F)F. The van der Waals surface area contributed by atoms with Crippen LogP contribution in [0.1, 0.15) is 47.5 Å². The number of hydrogen-bond acceptors (Lipinski definition) is 9. The molecule has 15 heteroatoms. The van der Waals surface area contributed by atoms with Gasteiger partial charge < -0.3 is 31.1 Å². The summed E-state index contributed by atoms with van der Waals surface area (Å²) in [6.45, 7) is -0.0571. The number of ether oxygens (including phenoxy) is 1. The van der Waals surface area contributed by atoms with Crippen LogP contribution < -0.4 is 21.1 Å². The Hall–Kier alpha value is -4.79. The van der Waals surface area contributed by atoms with E-state index in [0.717, 1.165) is 38.9 Å². The van der Waals surface area contributed by atoms with Crippen molar-refractivity contribution in [2.75, 3.05) is 37.2 Å². The second kappa shape index (κ2) is 14.3. The fourth-order valence-electron chi connectivity index (χ4n) is 5.78. The molecule has 1 aliphatic rings. The summed E-state index contributed by atoms with van der Waals surface area (Å²) in [6, 6.07) is 15.1. The molecular weight excluding hydrogens is 632 g/mol. The number of alkyl halides is 2. The van der Waals surface area contributed by atoms with Gasteiger partial charge in [0.2, 0.25) is 0 Å². The zero-order valence-corrected chi connectivity index (χ0v) is 26.0. The lowest BCUT2D eigenvalue weighted by molar-refractivity contribution is -0.0494. The number of nitrogens with one attached hydrogen (secondary N) is 2. The Balaban J connectivity index is 1.18. The fraction of sp³-hybridized carbons (Fsp3) is 0.312. The van der Waals surface area contributed by atoms with Gasteiger partial charge in [-0.2, -0.15) is 13.9 Å². The van der Waals surface area contributed by atoms with Gasteiger partial charge in [0, 0.05) is 54.4 Å². The highest BCUT2D eigenvalue weighted by Gasteiger charge is 2.27. The van der Waals surface area contributed by atoms with Crippen molar-refractivity contribution in [3.8, 4) is 17.0 Å². The normalized spacial score (nSPS) is 14.8. The Labute approximate surface area is 274 Å². The van der Waals surface area contributed by atoms with Crippen LogP contribution in [0.15, 0.2) is 73.2 Å². The van der Waals surface area contributed by atoms with Gasteiger partial charge in [0.25, 0.3) is 5.91 Å². The first-order valence-electron chi connectivity index (χ1n) is 15.2. The summed E-state index contributed by atoms with van der Waals surface area (Å²) in [7, 11) is 0. The van der Waals surface area contributed by atoms with Crippen LogP contribution >= 0.6 is 11.6 Å². The summed E-state index contributed by atoms with van der Waals surface area (Å²) >= 11 is 6.29. The third-order valence-corrected chi connectivity index (χ3v) is 8.31. The minimum atomic E-state index is -3.07. The average Bonchev–Trinajstić information content (AvgIpc) is 3.64. The number of hydrogen-bond donors (Lipinski definition) is 4. The Morgan fingerprint density at radius 3 is 2.68 bits per heavy atom. The fourth-order valence-corrected chi connectivity index (χ4v) is 5.95. The van der Waals surface area contributed by atoms with Crippen molar-refractivity contribution in [1.82, 2.24) is 34.6 Å². The summed E-state index contributed by atoms with van der Waals surface area (Å²) in [4.78, 5) is 18.9. The quantitative estimate of drug-likeness (QED) is 0.107. The third-order valence-electron chi connectivity index (χ3n) is 8.07. The number of carbonyl (C=O) groups excluding carboxylic acids is 1. The molecule has 47 heavy (non-hydrogen) atoms. The number of fused-ring (bicyclic) bond motifs is 1. The van der Waals surface area contributed by atoms with E-state index in [1.165, 1.54) is 22.7 Å². The number of rotatable bonds is 12. The molecule has 5 N–H and O–H groups in total. The Bertz CT molecular complexity index is 1830. The molecule has 1 unspecified atom stereocenters. The molecule has 0 bridgehead atoms. The number of aliphatic hydroxyl groups is 1. The minimum absolute atomic E-state index is 0.00200. The molecule has 2 aromatic carbocycles. The predicted octanol–water partition coefficient (Wildman–Crippen LogP) is 4.99. The maximum atomic E-state index is 13.4. The smallest absolute Gasteiger partial charge is 0.387 e. The molecule has 0 aliphatic carbocycles. The van der Waals surface area contributed by atoms with E-state index < -0.39 is 12.8 Å². The highest BCUT2D eigenvalue weighted by molar-refractivity contribution is 6.31. The molecule has 1 amide bonds. The zero-order valence-electron chi connectivity index (χ0n) is 25.3. The van der Waals surface area contributed by atoms with E-state index in [-0.39, 0.29) is 40.3 Å². The van der Waals surface area contributed by atoms with Crippen molar-refractivity contribution in [2.45, 2.75) is 38.1 Å². The molecule has 3 aromatic heterocycles. The van der Waals surface area contributed by atoms with Crippen molar-refractivity contribution >= 4 is 34.7 Å². The second-order valence-corrected chi connectivity index (χ2v) is 11.6. The van der Waals surface area contributed by atoms with Crippen molar-refractivity contribution in [1.29, 1.82) is 0 Å². The summed E-state index contributed by atoms with van der Waals surface area (Å²) in [6.07, 6.45) is 5.96. The maximum Gasteiger partial charge on any atom is 0.387 e. The van der Waals surface area contributed by atoms with Gasteiger partial charge in [-0.05, 0) is 62.2 Å². The number of anilines is 2. The summed E-state index contributed by atoms with van der Waals surface area (Å²) in [5.41, 5.74) is 8.23. The lowest BCUT2D eigenvalue weighted by Gasteiger charge is -2.32. The van der Waals surface area contributed by atoms with Crippen LogP contribution in [0.5, 0.6) is 5.75 Å². The predicted molar refractivity (Wildman–Crippen MR) is 173 cm³/mol. The number of aromatic nitrogens is 5. The standard InChI is InChI=1S/C32H34ClF2N9O3/c33-21-8-9-25(47-32(34)35)23(18-21)27-24(39-31(46)26-28(36)41-43-15-5-12-37-29(26)43)19-44(40-27)22-10-16-42(17-11-22)14-4-13-38-30(45)20-6-2-1-3-7-20/h1-3,5-9,12,15,18-19,22,31-32,39,46H,4,10-11,13-14,16-17H2,(H2,36,41)(H,38,45). The molecule has 1 saturated heterocycles. The second-order valence-electron chi connectivity index (χ2n) is 11.2. The zero-order chi connectivity index (χ0) is 32.9. The number of likely N-dealkylation sites (tertiary alicyclic amines) is 1. The van der Waals surface area contributed by atoms with Gasteiger partial charge in [0.05, 0.1) is 17.3 Å². The van der Waals surface area contributed by atoms with Crippen LogP contribution in [0.2, 0.25) is 5.02 Å². The van der Waals surface area contributed by atoms with Crippen molar-refractivity contribution in [3.63, 3.8) is 0 Å². The largest absolute Gasteiger partial charge is 0.434 e. The lowest BCUT2D eigenvalue weighted by atomic mass is 10.1. The van der Waals surface area contributed by atoms with Crippen LogP contribution in [0, 0.1) is 0 Å².